The van der Waals surface area contributed by atoms with E-state index in [-0.39, 0.29) is 17.8 Å². The Labute approximate surface area is 122 Å². The molecule has 1 aromatic rings. The van der Waals surface area contributed by atoms with Crippen LogP contribution in [-0.2, 0) is 4.79 Å². The number of hydrogen-bond donors (Lipinski definition) is 3. The van der Waals surface area contributed by atoms with Crippen LogP contribution in [0.1, 0.15) is 67.3 Å². The second-order valence-electron chi connectivity index (χ2n) is 5.98. The third kappa shape index (κ3) is 3.22. The van der Waals surface area contributed by atoms with Gasteiger partial charge in [0.05, 0.1) is 5.92 Å². The van der Waals surface area contributed by atoms with E-state index in [2.05, 4.69) is 20.5 Å². The molecule has 2 unspecified atom stereocenters. The number of nitrogens with zero attached hydrogens (tertiary/aromatic N) is 2. The van der Waals surface area contributed by atoms with Crippen LogP contribution in [0.25, 0.3) is 0 Å². The fourth-order valence-electron chi connectivity index (χ4n) is 2.92. The molecule has 0 saturated heterocycles. The van der Waals surface area contributed by atoms with Gasteiger partial charge in [-0.3, -0.25) is 14.7 Å². The first kappa shape index (κ1) is 14.0. The molecule has 2 atom stereocenters. The first-order chi connectivity index (χ1) is 10.1. The van der Waals surface area contributed by atoms with Crippen LogP contribution in [0.3, 0.4) is 0 Å². The highest BCUT2D eigenvalue weighted by Crippen LogP contribution is 2.37. The topological polar surface area (TPSA) is 108 Å². The lowest BCUT2D eigenvalue weighted by molar-refractivity contribution is -0.142. The van der Waals surface area contributed by atoms with Gasteiger partial charge in [-0.2, -0.15) is 0 Å². The van der Waals surface area contributed by atoms with Crippen LogP contribution in [0.15, 0.2) is 0 Å². The fraction of sp³-hybridized carbons (Fsp3) is 0.714. The van der Waals surface area contributed by atoms with E-state index in [1.165, 1.54) is 0 Å². The number of aromatic amines is 1. The number of hydrogen-bond acceptors (Lipinski definition) is 4. The average molecular weight is 292 g/mol. The molecule has 0 aromatic carbocycles. The summed E-state index contributed by atoms with van der Waals surface area (Å²) in [4.78, 5) is 27.8. The van der Waals surface area contributed by atoms with Crippen molar-refractivity contribution in [2.45, 2.75) is 56.9 Å². The summed E-state index contributed by atoms with van der Waals surface area (Å²) in [5.41, 5.74) is 0. The highest BCUT2D eigenvalue weighted by atomic mass is 16.4. The highest BCUT2D eigenvalue weighted by molar-refractivity contribution is 5.91. The Morgan fingerprint density at radius 2 is 1.90 bits per heavy atom. The molecule has 2 fully saturated rings. The molecular weight excluding hydrogens is 272 g/mol. The number of aromatic nitrogens is 3. The number of amides is 1. The molecule has 3 N–H and O–H groups in total. The standard InChI is InChI=1S/C14H20N4O3/c19-13(12-16-11(17-18-12)8-6-7-8)15-10-5-3-1-2-4-9(10)14(20)21/h8-10H,1-7H2,(H,15,19)(H,20,21)(H,16,17,18). The second kappa shape index (κ2) is 5.83. The van der Waals surface area contributed by atoms with Gasteiger partial charge >= 0.3 is 5.97 Å². The first-order valence-electron chi connectivity index (χ1n) is 7.61. The molecule has 7 nitrogen and oxygen atoms in total. The molecule has 0 radical (unpaired) electrons. The van der Waals surface area contributed by atoms with Gasteiger partial charge in [0.25, 0.3) is 5.91 Å². The Kier molecular flexibility index (Phi) is 3.90. The fourth-order valence-corrected chi connectivity index (χ4v) is 2.92. The molecule has 2 aliphatic carbocycles. The average Bonchev–Trinajstić information content (AvgIpc) is 3.22. The summed E-state index contributed by atoms with van der Waals surface area (Å²) in [5.74, 6) is -0.449. The monoisotopic (exact) mass is 292 g/mol. The zero-order chi connectivity index (χ0) is 14.8. The maximum absolute atomic E-state index is 12.2. The lowest BCUT2D eigenvalue weighted by Crippen LogP contribution is -2.43. The quantitative estimate of drug-likeness (QED) is 0.728. The molecule has 21 heavy (non-hydrogen) atoms. The van der Waals surface area contributed by atoms with E-state index < -0.39 is 11.9 Å². The number of rotatable bonds is 4. The summed E-state index contributed by atoms with van der Waals surface area (Å²) < 4.78 is 0. The van der Waals surface area contributed by atoms with Gasteiger partial charge in [-0.25, -0.2) is 4.98 Å². The Morgan fingerprint density at radius 1 is 1.14 bits per heavy atom. The number of carbonyl (C=O) groups is 2. The van der Waals surface area contributed by atoms with Crippen LogP contribution in [0.2, 0.25) is 0 Å². The lowest BCUT2D eigenvalue weighted by Gasteiger charge is -2.22. The van der Waals surface area contributed by atoms with Gasteiger partial charge < -0.3 is 10.4 Å². The predicted molar refractivity (Wildman–Crippen MR) is 73.8 cm³/mol. The van der Waals surface area contributed by atoms with Crippen molar-refractivity contribution in [3.05, 3.63) is 11.6 Å². The van der Waals surface area contributed by atoms with Gasteiger partial charge in [0.2, 0.25) is 5.82 Å². The van der Waals surface area contributed by atoms with Crippen molar-refractivity contribution < 1.29 is 14.7 Å². The van der Waals surface area contributed by atoms with Crippen molar-refractivity contribution in [1.82, 2.24) is 20.5 Å². The van der Waals surface area contributed by atoms with Gasteiger partial charge in [-0.1, -0.05) is 19.3 Å². The van der Waals surface area contributed by atoms with Crippen LogP contribution in [0.4, 0.5) is 0 Å². The molecule has 0 bridgehead atoms. The minimum absolute atomic E-state index is 0.116. The molecule has 0 aliphatic heterocycles. The van der Waals surface area contributed by atoms with Crippen molar-refractivity contribution in [3.8, 4) is 0 Å². The Bertz CT molecular complexity index is 538. The number of nitrogens with one attached hydrogen (secondary N) is 2. The Balaban J connectivity index is 1.67. The van der Waals surface area contributed by atoms with Crippen LogP contribution in [-0.4, -0.2) is 38.2 Å². The maximum Gasteiger partial charge on any atom is 0.308 e. The zero-order valence-corrected chi connectivity index (χ0v) is 11.8. The molecule has 1 aromatic heterocycles. The molecule has 114 valence electrons. The van der Waals surface area contributed by atoms with E-state index in [1.807, 2.05) is 0 Å². The van der Waals surface area contributed by atoms with Gasteiger partial charge in [-0.15, -0.1) is 5.10 Å². The van der Waals surface area contributed by atoms with E-state index in [9.17, 15) is 14.7 Å². The van der Waals surface area contributed by atoms with E-state index in [0.29, 0.717) is 18.8 Å². The van der Waals surface area contributed by atoms with Crippen molar-refractivity contribution in [2.24, 2.45) is 5.92 Å². The van der Waals surface area contributed by atoms with E-state index >= 15 is 0 Å². The van der Waals surface area contributed by atoms with Crippen molar-refractivity contribution in [1.29, 1.82) is 0 Å². The second-order valence-corrected chi connectivity index (χ2v) is 5.98. The van der Waals surface area contributed by atoms with Gasteiger partial charge in [0.15, 0.2) is 0 Å². The molecular formula is C14H20N4O3. The maximum atomic E-state index is 12.2. The molecule has 0 spiro atoms. The van der Waals surface area contributed by atoms with E-state index in [4.69, 9.17) is 0 Å². The number of aliphatic carboxylic acids is 1. The normalized spacial score (nSPS) is 26.1. The van der Waals surface area contributed by atoms with Crippen LogP contribution < -0.4 is 5.32 Å². The minimum Gasteiger partial charge on any atom is -0.481 e. The summed E-state index contributed by atoms with van der Waals surface area (Å²) in [6, 6.07) is -0.333. The largest absolute Gasteiger partial charge is 0.481 e. The van der Waals surface area contributed by atoms with Crippen molar-refractivity contribution >= 4 is 11.9 Å². The molecule has 1 amide bonds. The van der Waals surface area contributed by atoms with Crippen molar-refractivity contribution in [3.63, 3.8) is 0 Å². The van der Waals surface area contributed by atoms with Gasteiger partial charge in [0, 0.05) is 12.0 Å². The van der Waals surface area contributed by atoms with E-state index in [1.54, 1.807) is 0 Å². The third-order valence-electron chi connectivity index (χ3n) is 4.32. The Hall–Kier alpha value is -1.92. The van der Waals surface area contributed by atoms with Crippen LogP contribution >= 0.6 is 0 Å². The summed E-state index contributed by atoms with van der Waals surface area (Å²) >= 11 is 0. The van der Waals surface area contributed by atoms with Gasteiger partial charge in [0.1, 0.15) is 5.82 Å². The molecule has 7 heteroatoms. The summed E-state index contributed by atoms with van der Waals surface area (Å²) in [6.45, 7) is 0. The third-order valence-corrected chi connectivity index (χ3v) is 4.32. The van der Waals surface area contributed by atoms with Crippen LogP contribution in [0.5, 0.6) is 0 Å². The molecule has 3 rings (SSSR count). The molecule has 1 heterocycles. The summed E-state index contributed by atoms with van der Waals surface area (Å²) in [6.07, 6.45) is 6.33. The van der Waals surface area contributed by atoms with Crippen LogP contribution in [0, 0.1) is 5.92 Å². The van der Waals surface area contributed by atoms with Gasteiger partial charge in [-0.05, 0) is 25.7 Å². The number of carboxylic acids is 1. The number of H-pyrrole nitrogens is 1. The zero-order valence-electron chi connectivity index (χ0n) is 11.8. The minimum atomic E-state index is -0.837. The van der Waals surface area contributed by atoms with E-state index in [0.717, 1.165) is 37.9 Å². The predicted octanol–water partition coefficient (Wildman–Crippen LogP) is 1.45. The Morgan fingerprint density at radius 3 is 2.62 bits per heavy atom. The summed E-state index contributed by atoms with van der Waals surface area (Å²) in [5, 5.41) is 18.9. The SMILES string of the molecule is O=C(NC1CCCCCC1C(=O)O)c1n[nH]c(C2CC2)n1. The van der Waals surface area contributed by atoms with Crippen molar-refractivity contribution in [2.75, 3.05) is 0 Å². The first-order valence-corrected chi connectivity index (χ1v) is 7.61. The smallest absolute Gasteiger partial charge is 0.308 e. The molecule has 2 saturated carbocycles. The molecule has 2 aliphatic rings. The highest BCUT2D eigenvalue weighted by Gasteiger charge is 2.32. The number of carboxylic acid groups (broad SMARTS) is 1. The number of carbonyl (C=O) groups excluding carboxylic acids is 1. The lowest BCUT2D eigenvalue weighted by atomic mass is 9.95. The summed E-state index contributed by atoms with van der Waals surface area (Å²) in [7, 11) is 0.